The first-order chi connectivity index (χ1) is 8.07. The Labute approximate surface area is 97.2 Å². The summed E-state index contributed by atoms with van der Waals surface area (Å²) in [6.07, 6.45) is -2.65. The number of phenolic OH excluding ortho intramolecular Hbond substituents is 2. The van der Waals surface area contributed by atoms with Crippen LogP contribution >= 0.6 is 0 Å². The molecule has 0 bridgehead atoms. The van der Waals surface area contributed by atoms with Gasteiger partial charge < -0.3 is 20.4 Å². The highest BCUT2D eigenvalue weighted by Crippen LogP contribution is 2.34. The summed E-state index contributed by atoms with van der Waals surface area (Å²) in [5.41, 5.74) is 7.92. The molecule has 0 aromatic heterocycles. The lowest BCUT2D eigenvalue weighted by atomic mass is 10.0. The van der Waals surface area contributed by atoms with Crippen molar-refractivity contribution in [3.8, 4) is 11.5 Å². The van der Waals surface area contributed by atoms with E-state index in [1.54, 1.807) is 0 Å². The molecule has 92 valence electrons. The lowest BCUT2D eigenvalue weighted by molar-refractivity contribution is 0.0124. The van der Waals surface area contributed by atoms with Crippen LogP contribution in [0.5, 0.6) is 11.5 Å². The zero-order valence-corrected chi connectivity index (χ0v) is 8.93. The molecular formula is C10H13N3O4. The predicted octanol–water partition coefficient (Wildman–Crippen LogP) is 1.19. The Morgan fingerprint density at radius 3 is 2.35 bits per heavy atom. The summed E-state index contributed by atoms with van der Waals surface area (Å²) in [5, 5.41) is 41.5. The molecule has 17 heavy (non-hydrogen) atoms. The second-order valence-electron chi connectivity index (χ2n) is 3.47. The number of nitrogens with zero attached hydrogens (tertiary/aromatic N) is 3. The molecule has 0 saturated heterocycles. The molecule has 2 unspecified atom stereocenters. The summed E-state index contributed by atoms with van der Waals surface area (Å²) in [6, 6.07) is 3.99. The maximum atomic E-state index is 9.75. The van der Waals surface area contributed by atoms with Gasteiger partial charge in [0, 0.05) is 11.5 Å². The highest BCUT2D eigenvalue weighted by atomic mass is 16.3. The number of azide groups is 1. The molecule has 7 heteroatoms. The topological polar surface area (TPSA) is 130 Å². The normalized spacial score (nSPS) is 13.8. The van der Waals surface area contributed by atoms with E-state index in [1.807, 2.05) is 0 Å². The van der Waals surface area contributed by atoms with Crippen LogP contribution in [0.25, 0.3) is 10.4 Å². The summed E-state index contributed by atoms with van der Waals surface area (Å²) < 4.78 is 0. The van der Waals surface area contributed by atoms with E-state index >= 15 is 0 Å². The van der Waals surface area contributed by atoms with Crippen LogP contribution in [0.4, 0.5) is 0 Å². The smallest absolute Gasteiger partial charge is 0.125 e. The van der Waals surface area contributed by atoms with Crippen molar-refractivity contribution < 1.29 is 20.4 Å². The molecule has 0 heterocycles. The van der Waals surface area contributed by atoms with E-state index in [-0.39, 0.29) is 30.0 Å². The third kappa shape index (κ3) is 3.25. The molecule has 0 aliphatic rings. The highest BCUT2D eigenvalue weighted by molar-refractivity contribution is 5.44. The first-order valence-electron chi connectivity index (χ1n) is 4.95. The molecule has 7 nitrogen and oxygen atoms in total. The van der Waals surface area contributed by atoms with Crippen molar-refractivity contribution in [3.05, 3.63) is 34.2 Å². The number of aliphatic hydroxyl groups is 2. The number of aliphatic hydroxyl groups excluding tert-OH is 2. The molecule has 0 aliphatic carbocycles. The van der Waals surface area contributed by atoms with Crippen LogP contribution < -0.4 is 0 Å². The van der Waals surface area contributed by atoms with Crippen molar-refractivity contribution in [2.24, 2.45) is 5.11 Å². The minimum absolute atomic E-state index is 0.0169. The maximum absolute atomic E-state index is 9.75. The number of rotatable bonds is 5. The Hall–Kier alpha value is -1.95. The van der Waals surface area contributed by atoms with Crippen molar-refractivity contribution in [1.29, 1.82) is 0 Å². The quantitative estimate of drug-likeness (QED) is 0.349. The lowest BCUT2D eigenvalue weighted by Gasteiger charge is -2.19. The summed E-state index contributed by atoms with van der Waals surface area (Å²) in [6.45, 7) is 0.0169. The van der Waals surface area contributed by atoms with E-state index in [0.29, 0.717) is 0 Å². The van der Waals surface area contributed by atoms with Gasteiger partial charge in [-0.2, -0.15) is 0 Å². The standard InChI is InChI=1S/C10H13N3O4/c11-13-12-5-4-8(16)10(17)9-6(14)2-1-3-7(9)15/h1-3,8,10,14-17H,4-5H2. The zero-order valence-electron chi connectivity index (χ0n) is 8.93. The first kappa shape index (κ1) is 13.1. The van der Waals surface area contributed by atoms with E-state index in [2.05, 4.69) is 10.0 Å². The predicted molar refractivity (Wildman–Crippen MR) is 59.4 cm³/mol. The van der Waals surface area contributed by atoms with Gasteiger partial charge in [-0.05, 0) is 24.1 Å². The van der Waals surface area contributed by atoms with Crippen LogP contribution in [0.15, 0.2) is 23.3 Å². The number of hydrogen-bond acceptors (Lipinski definition) is 5. The molecule has 0 saturated carbocycles. The Morgan fingerprint density at radius 1 is 1.24 bits per heavy atom. The fourth-order valence-electron chi connectivity index (χ4n) is 1.43. The number of hydrogen-bond donors (Lipinski definition) is 4. The van der Waals surface area contributed by atoms with Gasteiger partial charge >= 0.3 is 0 Å². The molecule has 4 N–H and O–H groups in total. The molecule has 0 spiro atoms. The lowest BCUT2D eigenvalue weighted by Crippen LogP contribution is -2.19. The molecule has 0 fully saturated rings. The molecule has 0 amide bonds. The van der Waals surface area contributed by atoms with Crippen LogP contribution in [0, 0.1) is 0 Å². The van der Waals surface area contributed by atoms with Gasteiger partial charge in [0.15, 0.2) is 0 Å². The average Bonchev–Trinajstić information content (AvgIpc) is 2.28. The molecule has 2 atom stereocenters. The minimum atomic E-state index is -1.44. The number of benzene rings is 1. The van der Waals surface area contributed by atoms with Gasteiger partial charge in [0.1, 0.15) is 17.6 Å². The molecule has 1 aromatic carbocycles. The zero-order chi connectivity index (χ0) is 12.8. The SMILES string of the molecule is [N-]=[N+]=NCCC(O)C(O)c1c(O)cccc1O. The first-order valence-corrected chi connectivity index (χ1v) is 4.95. The maximum Gasteiger partial charge on any atom is 0.125 e. The van der Waals surface area contributed by atoms with Gasteiger partial charge in [0.25, 0.3) is 0 Å². The van der Waals surface area contributed by atoms with Crippen LogP contribution in [0.1, 0.15) is 18.1 Å². The Morgan fingerprint density at radius 2 is 1.82 bits per heavy atom. The fraction of sp³-hybridized carbons (Fsp3) is 0.400. The van der Waals surface area contributed by atoms with Crippen LogP contribution in [-0.4, -0.2) is 33.1 Å². The second-order valence-corrected chi connectivity index (χ2v) is 3.47. The molecule has 0 aliphatic heterocycles. The average molecular weight is 239 g/mol. The molecular weight excluding hydrogens is 226 g/mol. The van der Waals surface area contributed by atoms with Crippen molar-refractivity contribution >= 4 is 0 Å². The van der Waals surface area contributed by atoms with Crippen molar-refractivity contribution in [2.45, 2.75) is 18.6 Å². The molecule has 1 aromatic rings. The van der Waals surface area contributed by atoms with Gasteiger partial charge in [-0.25, -0.2) is 0 Å². The van der Waals surface area contributed by atoms with Gasteiger partial charge in [-0.3, -0.25) is 0 Å². The Kier molecular flexibility index (Phi) is 4.59. The van der Waals surface area contributed by atoms with Crippen molar-refractivity contribution in [1.82, 2.24) is 0 Å². The monoisotopic (exact) mass is 239 g/mol. The van der Waals surface area contributed by atoms with Gasteiger partial charge in [-0.1, -0.05) is 11.2 Å². The van der Waals surface area contributed by atoms with Gasteiger partial charge in [0.05, 0.1) is 11.7 Å². The largest absolute Gasteiger partial charge is 0.507 e. The van der Waals surface area contributed by atoms with Crippen LogP contribution in [0.2, 0.25) is 0 Å². The number of phenols is 2. The second kappa shape index (κ2) is 5.95. The number of aromatic hydroxyl groups is 2. The highest BCUT2D eigenvalue weighted by Gasteiger charge is 2.23. The fourth-order valence-corrected chi connectivity index (χ4v) is 1.43. The Bertz CT molecular complexity index is 411. The van der Waals surface area contributed by atoms with E-state index < -0.39 is 12.2 Å². The van der Waals surface area contributed by atoms with Gasteiger partial charge in [-0.15, -0.1) is 0 Å². The summed E-state index contributed by atoms with van der Waals surface area (Å²) in [7, 11) is 0. The van der Waals surface area contributed by atoms with Crippen molar-refractivity contribution in [3.63, 3.8) is 0 Å². The van der Waals surface area contributed by atoms with E-state index in [1.165, 1.54) is 18.2 Å². The van der Waals surface area contributed by atoms with Crippen LogP contribution in [-0.2, 0) is 0 Å². The van der Waals surface area contributed by atoms with Gasteiger partial charge in [0.2, 0.25) is 0 Å². The summed E-state index contributed by atoms with van der Waals surface area (Å²) >= 11 is 0. The van der Waals surface area contributed by atoms with Crippen LogP contribution in [0.3, 0.4) is 0 Å². The minimum Gasteiger partial charge on any atom is -0.507 e. The molecule has 0 radical (unpaired) electrons. The summed E-state index contributed by atoms with van der Waals surface area (Å²) in [5.74, 6) is -0.610. The van der Waals surface area contributed by atoms with E-state index in [9.17, 15) is 20.4 Å². The third-order valence-electron chi connectivity index (χ3n) is 2.31. The van der Waals surface area contributed by atoms with E-state index in [4.69, 9.17) is 5.53 Å². The molecule has 1 rings (SSSR count). The Balaban J connectivity index is 2.81. The van der Waals surface area contributed by atoms with Crippen molar-refractivity contribution in [2.75, 3.05) is 6.54 Å². The van der Waals surface area contributed by atoms with E-state index in [0.717, 1.165) is 0 Å². The third-order valence-corrected chi connectivity index (χ3v) is 2.31. The summed E-state index contributed by atoms with van der Waals surface area (Å²) in [4.78, 5) is 2.51.